The molecule has 164 valence electrons. The number of methoxy groups -OCH3 is 1. The smallest absolute Gasteiger partial charge is 0.334 e. The molecule has 1 fully saturated rings. The van der Waals surface area contributed by atoms with Crippen LogP contribution in [0.25, 0.3) is 0 Å². The molecule has 0 atom stereocenters. The fraction of sp³-hybridized carbons (Fsp3) is 0.444. The number of aromatic nitrogens is 1. The van der Waals surface area contributed by atoms with Gasteiger partial charge in [-0.3, -0.25) is 5.32 Å². The van der Waals surface area contributed by atoms with Crippen molar-refractivity contribution >= 4 is 55.0 Å². The molecule has 1 saturated heterocycles. The molecule has 0 unspecified atom stereocenters. The Labute approximate surface area is 188 Å². The van der Waals surface area contributed by atoms with E-state index in [9.17, 15) is 13.2 Å². The number of nitrogens with one attached hydrogen (secondary N) is 2. The van der Waals surface area contributed by atoms with Crippen molar-refractivity contribution in [1.82, 2.24) is 9.71 Å². The van der Waals surface area contributed by atoms with Crippen molar-refractivity contribution in [2.45, 2.75) is 17.6 Å². The van der Waals surface area contributed by atoms with Crippen LogP contribution in [-0.4, -0.2) is 59.5 Å². The number of hydrogen-bond acceptors (Lipinski definition) is 8. The van der Waals surface area contributed by atoms with Crippen LogP contribution < -0.4 is 14.9 Å². The fourth-order valence-corrected chi connectivity index (χ4v) is 5.78. The number of sulfonamides is 1. The maximum Gasteiger partial charge on any atom is 0.334 e. The van der Waals surface area contributed by atoms with Crippen molar-refractivity contribution in [2.24, 2.45) is 0 Å². The number of carbonyl (C=O) groups is 1. The molecular formula is C18H23BrN4O5S2. The number of halogens is 1. The van der Waals surface area contributed by atoms with Gasteiger partial charge in [0.1, 0.15) is 15.8 Å². The molecule has 2 N–H and O–H groups in total. The van der Waals surface area contributed by atoms with Gasteiger partial charge in [0.15, 0.2) is 0 Å². The Hall–Kier alpha value is -1.73. The third-order valence-corrected chi connectivity index (χ3v) is 7.94. The van der Waals surface area contributed by atoms with Gasteiger partial charge < -0.3 is 14.4 Å². The topological polar surface area (TPSA) is 110 Å². The van der Waals surface area contributed by atoms with E-state index in [0.717, 1.165) is 21.8 Å². The number of morpholine rings is 1. The number of hydrogen-bond donors (Lipinski definition) is 2. The number of pyridine rings is 1. The number of amides is 2. The Bertz CT molecular complexity index is 1010. The highest BCUT2D eigenvalue weighted by Crippen LogP contribution is 2.27. The first-order valence-corrected chi connectivity index (χ1v) is 12.3. The van der Waals surface area contributed by atoms with Crippen molar-refractivity contribution in [3.63, 3.8) is 0 Å². The quantitative estimate of drug-likeness (QED) is 0.579. The second-order valence-electron chi connectivity index (χ2n) is 6.60. The molecule has 0 aliphatic carbocycles. The largest absolute Gasteiger partial charge is 0.384 e. The minimum absolute atomic E-state index is 0.0810. The van der Waals surface area contributed by atoms with Gasteiger partial charge in [0.25, 0.3) is 10.0 Å². The lowest BCUT2D eigenvalue weighted by Crippen LogP contribution is -2.37. The van der Waals surface area contributed by atoms with Gasteiger partial charge in [0, 0.05) is 36.0 Å². The molecule has 3 rings (SSSR count). The first kappa shape index (κ1) is 22.9. The molecule has 30 heavy (non-hydrogen) atoms. The Morgan fingerprint density at radius 1 is 1.33 bits per heavy atom. The van der Waals surface area contributed by atoms with Crippen LogP contribution in [0.4, 0.5) is 16.4 Å². The number of carbonyl (C=O) groups excluding carboxylic acids is 1. The van der Waals surface area contributed by atoms with Crippen LogP contribution in [0.1, 0.15) is 10.4 Å². The van der Waals surface area contributed by atoms with Gasteiger partial charge in [0.05, 0.1) is 19.8 Å². The maximum atomic E-state index is 12.6. The lowest BCUT2D eigenvalue weighted by atomic mass is 10.2. The normalized spacial score (nSPS) is 14.6. The van der Waals surface area contributed by atoms with Crippen LogP contribution in [-0.2, 0) is 25.9 Å². The number of aryl methyl sites for hydroxylation is 1. The predicted octanol–water partition coefficient (Wildman–Crippen LogP) is 2.75. The summed E-state index contributed by atoms with van der Waals surface area (Å²) in [5.74, 6) is 0.907. The number of thiophene rings is 1. The van der Waals surface area contributed by atoms with Gasteiger partial charge in [-0.15, -0.1) is 11.3 Å². The van der Waals surface area contributed by atoms with Gasteiger partial charge in [0.2, 0.25) is 0 Å². The molecule has 0 radical (unpaired) electrons. The van der Waals surface area contributed by atoms with E-state index >= 15 is 0 Å². The third kappa shape index (κ3) is 5.91. The molecule has 0 aromatic carbocycles. The summed E-state index contributed by atoms with van der Waals surface area (Å²) >= 11 is 4.53. The van der Waals surface area contributed by atoms with Crippen molar-refractivity contribution in [3.8, 4) is 0 Å². The monoisotopic (exact) mass is 518 g/mol. The van der Waals surface area contributed by atoms with Crippen molar-refractivity contribution in [2.75, 3.05) is 50.2 Å². The van der Waals surface area contributed by atoms with Crippen molar-refractivity contribution < 1.29 is 22.7 Å². The van der Waals surface area contributed by atoms with Gasteiger partial charge in [-0.05, 0) is 30.7 Å². The van der Waals surface area contributed by atoms with Crippen molar-refractivity contribution in [1.29, 1.82) is 0 Å². The molecule has 2 aromatic heterocycles. The second-order valence-corrected chi connectivity index (χ2v) is 10.6. The summed E-state index contributed by atoms with van der Waals surface area (Å²) in [6.45, 7) is 4.90. The molecule has 0 saturated carbocycles. The zero-order chi connectivity index (χ0) is 21.7. The van der Waals surface area contributed by atoms with Crippen LogP contribution >= 0.6 is 27.3 Å². The highest BCUT2D eigenvalue weighted by molar-refractivity contribution is 9.10. The molecule has 1 aliphatic rings. The number of urea groups is 1. The fourth-order valence-electron chi connectivity index (χ4n) is 2.88. The van der Waals surface area contributed by atoms with Crippen LogP contribution in [0.3, 0.4) is 0 Å². The van der Waals surface area contributed by atoms with Gasteiger partial charge in [-0.1, -0.05) is 15.9 Å². The summed E-state index contributed by atoms with van der Waals surface area (Å²) in [4.78, 5) is 19.7. The summed E-state index contributed by atoms with van der Waals surface area (Å²) < 4.78 is 38.5. The Morgan fingerprint density at radius 3 is 2.77 bits per heavy atom. The van der Waals surface area contributed by atoms with Crippen LogP contribution in [0.5, 0.6) is 0 Å². The van der Waals surface area contributed by atoms with E-state index in [0.29, 0.717) is 49.6 Å². The maximum absolute atomic E-state index is 12.6. The van der Waals surface area contributed by atoms with Crippen LogP contribution in [0.15, 0.2) is 26.9 Å². The zero-order valence-corrected chi connectivity index (χ0v) is 19.8. The first-order chi connectivity index (χ1) is 14.3. The minimum atomic E-state index is -4.00. The highest BCUT2D eigenvalue weighted by atomic mass is 79.9. The molecule has 0 spiro atoms. The van der Waals surface area contributed by atoms with Crippen molar-refractivity contribution in [3.05, 3.63) is 33.1 Å². The summed E-state index contributed by atoms with van der Waals surface area (Å²) in [6, 6.07) is 4.12. The number of anilines is 2. The molecule has 3 heterocycles. The van der Waals surface area contributed by atoms with E-state index in [4.69, 9.17) is 9.47 Å². The van der Waals surface area contributed by atoms with E-state index in [2.05, 4.69) is 26.2 Å². The Morgan fingerprint density at radius 2 is 2.07 bits per heavy atom. The SMILES string of the molecule is COCCc1sc(S(=O)(=O)NC(=O)Nc2cc(Br)cc(N3CCOCC3)n2)cc1C. The second kappa shape index (κ2) is 10.1. The standard InChI is InChI=1S/C18H23BrN4O5S2/c1-12-9-17(29-14(12)3-6-27-2)30(25,26)22-18(24)21-15-10-13(19)11-16(20-15)23-4-7-28-8-5-23/h9-11H,3-8H2,1-2H3,(H2,20,21,22,24). The summed E-state index contributed by atoms with van der Waals surface area (Å²) in [5, 5.41) is 2.50. The molecule has 2 amide bonds. The average Bonchev–Trinajstić information content (AvgIpc) is 3.07. The lowest BCUT2D eigenvalue weighted by molar-refractivity contribution is 0.122. The van der Waals surface area contributed by atoms with E-state index in [1.165, 1.54) is 0 Å². The molecule has 1 aliphatic heterocycles. The zero-order valence-electron chi connectivity index (χ0n) is 16.6. The first-order valence-electron chi connectivity index (χ1n) is 9.21. The van der Waals surface area contributed by atoms with E-state index < -0.39 is 16.1 Å². The van der Waals surface area contributed by atoms with E-state index in [-0.39, 0.29) is 10.0 Å². The molecule has 9 nitrogen and oxygen atoms in total. The number of rotatable bonds is 7. The summed E-state index contributed by atoms with van der Waals surface area (Å²) in [5.41, 5.74) is 0.849. The highest BCUT2D eigenvalue weighted by Gasteiger charge is 2.22. The van der Waals surface area contributed by atoms with Gasteiger partial charge in [-0.2, -0.15) is 0 Å². The summed E-state index contributed by atoms with van der Waals surface area (Å²) in [6.07, 6.45) is 0.612. The molecule has 0 bridgehead atoms. The molecule has 12 heteroatoms. The predicted molar refractivity (Wildman–Crippen MR) is 119 cm³/mol. The Balaban J connectivity index is 1.69. The van der Waals surface area contributed by atoms with E-state index in [1.807, 2.05) is 22.6 Å². The molecular weight excluding hydrogens is 496 g/mol. The molecule has 2 aromatic rings. The van der Waals surface area contributed by atoms with Crippen LogP contribution in [0.2, 0.25) is 0 Å². The third-order valence-electron chi connectivity index (χ3n) is 4.38. The van der Waals surface area contributed by atoms with Gasteiger partial charge >= 0.3 is 6.03 Å². The van der Waals surface area contributed by atoms with E-state index in [1.54, 1.807) is 19.2 Å². The summed E-state index contributed by atoms with van der Waals surface area (Å²) in [7, 11) is -2.41. The Kier molecular flexibility index (Phi) is 7.69. The minimum Gasteiger partial charge on any atom is -0.384 e. The van der Waals surface area contributed by atoms with Gasteiger partial charge in [-0.25, -0.2) is 22.9 Å². The average molecular weight is 519 g/mol. The number of ether oxygens (including phenoxy) is 2. The van der Waals surface area contributed by atoms with Crippen LogP contribution in [0, 0.1) is 6.92 Å². The number of nitrogens with zero attached hydrogens (tertiary/aromatic N) is 2. The lowest BCUT2D eigenvalue weighted by Gasteiger charge is -2.28.